The van der Waals surface area contributed by atoms with Crippen molar-refractivity contribution in [1.29, 1.82) is 0 Å². The van der Waals surface area contributed by atoms with Crippen LogP contribution in [0.15, 0.2) is 11.3 Å². The highest BCUT2D eigenvalue weighted by Gasteiger charge is 2.20. The topological polar surface area (TPSA) is 87.4 Å². The molecule has 0 spiro atoms. The van der Waals surface area contributed by atoms with Crippen LogP contribution in [0.4, 0.5) is 0 Å². The molecule has 2 saturated carbocycles. The number of nitrogens with one attached hydrogen (secondary N) is 2. The van der Waals surface area contributed by atoms with Crippen LogP contribution < -0.4 is 10.6 Å². The van der Waals surface area contributed by atoms with Crippen LogP contribution in [0.25, 0.3) is 0 Å². The fourth-order valence-corrected chi connectivity index (χ4v) is 4.19. The van der Waals surface area contributed by atoms with Gasteiger partial charge in [-0.15, -0.1) is 34.2 Å². The lowest BCUT2D eigenvalue weighted by atomic mass is 9.89. The molecule has 0 aliphatic heterocycles. The van der Waals surface area contributed by atoms with Crippen molar-refractivity contribution in [1.82, 2.24) is 25.4 Å². The number of hydrogen-bond donors (Lipinski definition) is 3. The zero-order valence-corrected chi connectivity index (χ0v) is 19.5. The largest absolute Gasteiger partial charge is 0.393 e. The Bertz CT molecular complexity index is 579. The van der Waals surface area contributed by atoms with E-state index >= 15 is 0 Å². The smallest absolute Gasteiger partial charge is 0.191 e. The quantitative estimate of drug-likeness (QED) is 0.302. The summed E-state index contributed by atoms with van der Waals surface area (Å²) < 4.78 is 2.10. The fraction of sp³-hybridized carbons (Fsp3) is 0.850. The van der Waals surface area contributed by atoms with Crippen molar-refractivity contribution in [2.24, 2.45) is 10.9 Å². The van der Waals surface area contributed by atoms with Crippen molar-refractivity contribution < 1.29 is 5.11 Å². The summed E-state index contributed by atoms with van der Waals surface area (Å²) in [5.41, 5.74) is 0. The van der Waals surface area contributed by atoms with E-state index in [9.17, 15) is 5.11 Å². The molecule has 2 aliphatic carbocycles. The summed E-state index contributed by atoms with van der Waals surface area (Å²) in [5, 5.41) is 25.0. The van der Waals surface area contributed by atoms with E-state index in [4.69, 9.17) is 4.99 Å². The third-order valence-electron chi connectivity index (χ3n) is 5.93. The van der Waals surface area contributed by atoms with Crippen molar-refractivity contribution in [3.8, 4) is 0 Å². The first-order valence-electron chi connectivity index (χ1n) is 10.8. The Hall–Kier alpha value is -0.900. The van der Waals surface area contributed by atoms with Crippen LogP contribution in [0.5, 0.6) is 0 Å². The Labute approximate surface area is 186 Å². The number of rotatable bonds is 7. The average Bonchev–Trinajstić information content (AvgIpc) is 3.16. The fourth-order valence-electron chi connectivity index (χ4n) is 4.19. The number of aromatic nitrogens is 3. The monoisotopic (exact) mass is 504 g/mol. The number of hydrogen-bond acceptors (Lipinski definition) is 4. The summed E-state index contributed by atoms with van der Waals surface area (Å²) in [6.07, 6.45) is 13.1. The first kappa shape index (κ1) is 23.4. The first-order valence-corrected chi connectivity index (χ1v) is 10.8. The molecule has 0 unspecified atom stereocenters. The van der Waals surface area contributed by atoms with Crippen molar-refractivity contribution >= 4 is 29.9 Å². The van der Waals surface area contributed by atoms with Gasteiger partial charge in [0.1, 0.15) is 12.2 Å². The van der Waals surface area contributed by atoms with Gasteiger partial charge >= 0.3 is 0 Å². The zero-order chi connectivity index (χ0) is 18.9. The van der Waals surface area contributed by atoms with Gasteiger partial charge in [0, 0.05) is 32.1 Å². The van der Waals surface area contributed by atoms with Crippen LogP contribution in [0.2, 0.25) is 0 Å². The van der Waals surface area contributed by atoms with Gasteiger partial charge in [0.2, 0.25) is 0 Å². The lowest BCUT2D eigenvalue weighted by Gasteiger charge is -2.28. The minimum absolute atomic E-state index is 0. The second-order valence-electron chi connectivity index (χ2n) is 8.06. The standard InChI is InChI=1S/C20H36N6O.HI/c1-2-19-25-23-15-26(19)13-12-21-20(22-14-16-6-4-3-5-7-16)24-17-8-10-18(27)11-9-17;/h15-18,27H,2-14H2,1H3,(H2,21,22,24);1H. The second-order valence-corrected chi connectivity index (χ2v) is 8.06. The van der Waals surface area contributed by atoms with Crippen molar-refractivity contribution in [2.45, 2.75) is 89.8 Å². The predicted molar refractivity (Wildman–Crippen MR) is 123 cm³/mol. The Morgan fingerprint density at radius 2 is 1.93 bits per heavy atom. The molecular formula is C20H37IN6O. The van der Waals surface area contributed by atoms with Gasteiger partial charge in [0.05, 0.1) is 6.10 Å². The van der Waals surface area contributed by atoms with E-state index in [2.05, 4.69) is 32.3 Å². The van der Waals surface area contributed by atoms with Crippen LogP contribution in [-0.4, -0.2) is 51.1 Å². The van der Waals surface area contributed by atoms with Crippen LogP contribution in [-0.2, 0) is 13.0 Å². The van der Waals surface area contributed by atoms with E-state index in [1.54, 1.807) is 6.33 Å². The summed E-state index contributed by atoms with van der Waals surface area (Å²) in [6, 6.07) is 0.409. The maximum Gasteiger partial charge on any atom is 0.191 e. The molecule has 3 N–H and O–H groups in total. The van der Waals surface area contributed by atoms with Gasteiger partial charge in [0.15, 0.2) is 5.96 Å². The number of aryl methyl sites for hydroxylation is 1. The highest BCUT2D eigenvalue weighted by molar-refractivity contribution is 14.0. The number of guanidine groups is 1. The second kappa shape index (κ2) is 12.6. The minimum Gasteiger partial charge on any atom is -0.393 e. The van der Waals surface area contributed by atoms with E-state index < -0.39 is 0 Å². The van der Waals surface area contributed by atoms with E-state index in [-0.39, 0.29) is 30.1 Å². The van der Waals surface area contributed by atoms with Gasteiger partial charge < -0.3 is 20.3 Å². The summed E-state index contributed by atoms with van der Waals surface area (Å²) in [4.78, 5) is 4.91. The first-order chi connectivity index (χ1) is 13.2. The van der Waals surface area contributed by atoms with Crippen molar-refractivity contribution in [2.75, 3.05) is 13.1 Å². The summed E-state index contributed by atoms with van der Waals surface area (Å²) >= 11 is 0. The minimum atomic E-state index is -0.125. The molecule has 0 radical (unpaired) electrons. The summed E-state index contributed by atoms with van der Waals surface area (Å²) in [7, 11) is 0. The lowest BCUT2D eigenvalue weighted by Crippen LogP contribution is -2.46. The molecule has 0 atom stereocenters. The molecule has 28 heavy (non-hydrogen) atoms. The molecule has 8 heteroatoms. The molecule has 0 bridgehead atoms. The zero-order valence-electron chi connectivity index (χ0n) is 17.1. The van der Waals surface area contributed by atoms with Gasteiger partial charge in [-0.2, -0.15) is 0 Å². The maximum absolute atomic E-state index is 9.74. The van der Waals surface area contributed by atoms with Gasteiger partial charge in [-0.05, 0) is 44.4 Å². The Kier molecular flexibility index (Phi) is 10.5. The molecule has 0 aromatic carbocycles. The van der Waals surface area contributed by atoms with Gasteiger partial charge in [0.25, 0.3) is 0 Å². The summed E-state index contributed by atoms with van der Waals surface area (Å²) in [6.45, 7) is 4.65. The third-order valence-corrected chi connectivity index (χ3v) is 5.93. The number of nitrogens with zero attached hydrogens (tertiary/aromatic N) is 4. The van der Waals surface area contributed by atoms with Crippen molar-refractivity contribution in [3.63, 3.8) is 0 Å². The van der Waals surface area contributed by atoms with E-state index in [0.29, 0.717) is 6.04 Å². The summed E-state index contributed by atoms with van der Waals surface area (Å²) in [5.74, 6) is 2.68. The van der Waals surface area contributed by atoms with E-state index in [1.807, 2.05) is 0 Å². The van der Waals surface area contributed by atoms with Crippen LogP contribution >= 0.6 is 24.0 Å². The maximum atomic E-state index is 9.74. The number of aliphatic hydroxyl groups excluding tert-OH is 1. The van der Waals surface area contributed by atoms with Gasteiger partial charge in [-0.3, -0.25) is 4.99 Å². The van der Waals surface area contributed by atoms with Crippen LogP contribution in [0, 0.1) is 5.92 Å². The molecule has 1 aromatic rings. The van der Waals surface area contributed by atoms with Crippen molar-refractivity contribution in [3.05, 3.63) is 12.2 Å². The van der Waals surface area contributed by atoms with E-state index in [0.717, 1.165) is 69.4 Å². The Morgan fingerprint density at radius 1 is 1.18 bits per heavy atom. The normalized spacial score (nSPS) is 23.9. The predicted octanol–water partition coefficient (Wildman–Crippen LogP) is 2.88. The van der Waals surface area contributed by atoms with Crippen LogP contribution in [0.1, 0.15) is 70.5 Å². The molecular weight excluding hydrogens is 467 g/mol. The molecule has 1 aromatic heterocycles. The highest BCUT2D eigenvalue weighted by Crippen LogP contribution is 2.23. The van der Waals surface area contributed by atoms with Crippen LogP contribution in [0.3, 0.4) is 0 Å². The molecule has 1 heterocycles. The molecule has 0 amide bonds. The molecule has 2 aliphatic rings. The molecule has 2 fully saturated rings. The highest BCUT2D eigenvalue weighted by atomic mass is 127. The average molecular weight is 504 g/mol. The number of aliphatic imine (C=N–C) groups is 1. The van der Waals surface area contributed by atoms with Gasteiger partial charge in [-0.25, -0.2) is 0 Å². The number of halogens is 1. The SMILES string of the molecule is CCc1nncn1CCNC(=NCC1CCCCC1)NC1CCC(O)CC1.I. The molecule has 3 rings (SSSR count). The number of aliphatic hydroxyl groups is 1. The van der Waals surface area contributed by atoms with E-state index in [1.165, 1.54) is 32.1 Å². The lowest BCUT2D eigenvalue weighted by molar-refractivity contribution is 0.120. The molecule has 0 saturated heterocycles. The van der Waals surface area contributed by atoms with Gasteiger partial charge in [-0.1, -0.05) is 26.2 Å². The Morgan fingerprint density at radius 3 is 2.64 bits per heavy atom. The third kappa shape index (κ3) is 7.50. The molecule has 160 valence electrons. The Balaban J connectivity index is 0.00000280. The molecule has 7 nitrogen and oxygen atoms in total.